The Hall–Kier alpha value is -1.61. The quantitative estimate of drug-likeness (QED) is 0.537. The number of hydrogen-bond acceptors (Lipinski definition) is 6. The first-order chi connectivity index (χ1) is 11.2. The second kappa shape index (κ2) is 7.52. The molecule has 0 aliphatic carbocycles. The molecule has 0 aliphatic heterocycles. The molecule has 1 aromatic carbocycles. The van der Waals surface area contributed by atoms with Gasteiger partial charge in [-0.2, -0.15) is 4.40 Å². The molecule has 6 nitrogen and oxygen atoms in total. The van der Waals surface area contributed by atoms with E-state index in [9.17, 15) is 0 Å². The fraction of sp³-hybridized carbons (Fsp3) is 0.250. The van der Waals surface area contributed by atoms with Gasteiger partial charge in [-0.1, -0.05) is 31.2 Å². The van der Waals surface area contributed by atoms with Crippen LogP contribution in [-0.2, 0) is 6.42 Å². The van der Waals surface area contributed by atoms with Crippen molar-refractivity contribution >= 4 is 16.3 Å². The fourth-order valence-corrected chi connectivity index (χ4v) is 3.40. The van der Waals surface area contributed by atoms with E-state index in [1.54, 1.807) is 11.3 Å². The van der Waals surface area contributed by atoms with Crippen LogP contribution in [0, 0.1) is 24.1 Å². The minimum atomic E-state index is -4.94. The number of hydrogen-bond donors (Lipinski definition) is 0. The molecular formula is C16H17ClN2O4S. The van der Waals surface area contributed by atoms with Crippen LogP contribution in [0.3, 0.4) is 0 Å². The largest absolute Gasteiger partial charge is 0.387 e. The summed E-state index contributed by atoms with van der Waals surface area (Å²) < 4.78 is 36.2. The molecule has 128 valence electrons. The van der Waals surface area contributed by atoms with Crippen molar-refractivity contribution < 1.29 is 33.3 Å². The third kappa shape index (κ3) is 4.94. The molecule has 3 aromatic rings. The summed E-state index contributed by atoms with van der Waals surface area (Å²) in [6, 6.07) is 10.9. The van der Waals surface area contributed by atoms with E-state index in [1.165, 1.54) is 22.5 Å². The maximum Gasteiger partial charge on any atom is 0.387 e. The van der Waals surface area contributed by atoms with E-state index in [1.807, 2.05) is 6.92 Å². The predicted octanol–water partition coefficient (Wildman–Crippen LogP) is -1.03. The topological polar surface area (TPSA) is 109 Å². The van der Waals surface area contributed by atoms with Crippen LogP contribution in [0.15, 0.2) is 35.7 Å². The van der Waals surface area contributed by atoms with E-state index in [0.29, 0.717) is 0 Å². The molecule has 24 heavy (non-hydrogen) atoms. The van der Waals surface area contributed by atoms with Gasteiger partial charge in [-0.25, -0.2) is 18.6 Å². The molecule has 0 atom stereocenters. The number of nitrogens with zero attached hydrogens (tertiary/aromatic N) is 2. The summed E-state index contributed by atoms with van der Waals surface area (Å²) in [5.74, 6) is 0. The SMILES string of the molecule is CCc1ccc(-c2csc3nc(C)cc(C)[n+]23)cc1.[O-][Cl+3]([O-])([O-])[O-]. The summed E-state index contributed by atoms with van der Waals surface area (Å²) in [6.07, 6.45) is 1.08. The summed E-state index contributed by atoms with van der Waals surface area (Å²) in [5, 5.41) is 2.19. The molecule has 0 saturated carbocycles. The molecule has 2 aromatic heterocycles. The summed E-state index contributed by atoms with van der Waals surface area (Å²) in [7, 11) is -4.94. The summed E-state index contributed by atoms with van der Waals surface area (Å²) >= 11 is 1.70. The van der Waals surface area contributed by atoms with Gasteiger partial charge in [0.25, 0.3) is 0 Å². The van der Waals surface area contributed by atoms with E-state index < -0.39 is 10.2 Å². The second-order valence-electron chi connectivity index (χ2n) is 5.21. The zero-order valence-electron chi connectivity index (χ0n) is 13.5. The Kier molecular flexibility index (Phi) is 5.87. The number of fused-ring (bicyclic) bond motifs is 1. The number of thiazole rings is 1. The number of aromatic nitrogens is 2. The molecule has 0 saturated heterocycles. The molecule has 0 bridgehead atoms. The number of benzene rings is 1. The highest BCUT2D eigenvalue weighted by Crippen LogP contribution is 2.21. The van der Waals surface area contributed by atoms with Crippen molar-refractivity contribution in [3.63, 3.8) is 0 Å². The predicted molar refractivity (Wildman–Crippen MR) is 79.6 cm³/mol. The lowest BCUT2D eigenvalue weighted by Crippen LogP contribution is -2.68. The first-order valence-electron chi connectivity index (χ1n) is 7.17. The maximum atomic E-state index is 8.49. The number of halogens is 1. The standard InChI is InChI=1S/C16H17N2S.ClHO4/c1-4-13-5-7-14(8-6-13)15-10-19-16-17-11(2)9-12(3)18(15)16;2-1(3,4)5/h5-10H,4H2,1-3H3;(H,2,3,4,5)/q+1;/p-1. The minimum absolute atomic E-state index is 1.06. The Morgan fingerprint density at radius 1 is 1.08 bits per heavy atom. The summed E-state index contributed by atoms with van der Waals surface area (Å²) in [4.78, 5) is 5.66. The lowest BCUT2D eigenvalue weighted by molar-refractivity contribution is -2.00. The minimum Gasteiger partial charge on any atom is -0.222 e. The third-order valence-electron chi connectivity index (χ3n) is 3.41. The fourth-order valence-electron chi connectivity index (χ4n) is 2.39. The number of rotatable bonds is 2. The Morgan fingerprint density at radius 2 is 1.67 bits per heavy atom. The molecule has 0 radical (unpaired) electrons. The van der Waals surface area contributed by atoms with Crippen LogP contribution in [0.4, 0.5) is 0 Å². The van der Waals surface area contributed by atoms with Crippen molar-refractivity contribution in [3.05, 3.63) is 52.7 Å². The van der Waals surface area contributed by atoms with Gasteiger partial charge in [0.1, 0.15) is 5.69 Å². The van der Waals surface area contributed by atoms with E-state index in [-0.39, 0.29) is 0 Å². The molecule has 2 heterocycles. The second-order valence-corrected chi connectivity index (χ2v) is 6.80. The highest BCUT2D eigenvalue weighted by molar-refractivity contribution is 7.14. The zero-order valence-corrected chi connectivity index (χ0v) is 15.1. The van der Waals surface area contributed by atoms with Crippen LogP contribution >= 0.6 is 11.3 Å². The van der Waals surface area contributed by atoms with Crippen LogP contribution in [-0.4, -0.2) is 4.98 Å². The third-order valence-corrected chi connectivity index (χ3v) is 4.23. The summed E-state index contributed by atoms with van der Waals surface area (Å²) in [6.45, 7) is 6.36. The van der Waals surface area contributed by atoms with Crippen LogP contribution in [0.1, 0.15) is 23.9 Å². The van der Waals surface area contributed by atoms with Gasteiger partial charge in [-0.3, -0.25) is 0 Å². The average molecular weight is 369 g/mol. The van der Waals surface area contributed by atoms with E-state index >= 15 is 0 Å². The first kappa shape index (κ1) is 18.7. The molecule has 0 N–H and O–H groups in total. The van der Waals surface area contributed by atoms with Crippen LogP contribution in [0.25, 0.3) is 16.2 Å². The first-order valence-corrected chi connectivity index (χ1v) is 9.29. The van der Waals surface area contributed by atoms with Gasteiger partial charge in [0, 0.05) is 23.9 Å². The molecule has 3 rings (SSSR count). The van der Waals surface area contributed by atoms with Gasteiger partial charge < -0.3 is 0 Å². The monoisotopic (exact) mass is 368 g/mol. The Balaban J connectivity index is 0.000000368. The van der Waals surface area contributed by atoms with E-state index in [0.717, 1.165) is 17.1 Å². The van der Waals surface area contributed by atoms with Crippen LogP contribution in [0.2, 0.25) is 0 Å². The Bertz CT molecular complexity index is 822. The maximum absolute atomic E-state index is 8.49. The average Bonchev–Trinajstić information content (AvgIpc) is 2.89. The highest BCUT2D eigenvalue weighted by atomic mass is 35.7. The van der Waals surface area contributed by atoms with Crippen molar-refractivity contribution in [1.29, 1.82) is 0 Å². The molecule has 8 heteroatoms. The van der Waals surface area contributed by atoms with E-state index in [2.05, 4.69) is 58.9 Å². The van der Waals surface area contributed by atoms with E-state index in [4.69, 9.17) is 18.6 Å². The Labute approximate surface area is 146 Å². The normalized spacial score (nSPS) is 11.3. The highest BCUT2D eigenvalue weighted by Gasteiger charge is 2.17. The summed E-state index contributed by atoms with van der Waals surface area (Å²) in [5.41, 5.74) is 6.17. The van der Waals surface area contributed by atoms with Gasteiger partial charge in [-0.15, -0.1) is 10.2 Å². The number of aryl methyl sites for hydroxylation is 3. The van der Waals surface area contributed by atoms with Crippen molar-refractivity contribution in [2.45, 2.75) is 27.2 Å². The van der Waals surface area contributed by atoms with Crippen molar-refractivity contribution in [2.75, 3.05) is 0 Å². The lowest BCUT2D eigenvalue weighted by atomic mass is 10.1. The van der Waals surface area contributed by atoms with Gasteiger partial charge in [-0.05, 0) is 35.2 Å². The van der Waals surface area contributed by atoms with Crippen LogP contribution in [0.5, 0.6) is 0 Å². The molecule has 0 aliphatic rings. The van der Waals surface area contributed by atoms with Crippen molar-refractivity contribution in [2.24, 2.45) is 0 Å². The zero-order chi connectivity index (χ0) is 17.9. The van der Waals surface area contributed by atoms with Crippen molar-refractivity contribution in [3.8, 4) is 11.3 Å². The van der Waals surface area contributed by atoms with Crippen molar-refractivity contribution in [1.82, 2.24) is 4.98 Å². The van der Waals surface area contributed by atoms with Gasteiger partial charge in [0.05, 0.1) is 0 Å². The smallest absolute Gasteiger partial charge is 0.222 e. The molecule has 0 spiro atoms. The molecule has 0 fully saturated rings. The lowest BCUT2D eigenvalue weighted by Gasteiger charge is -2.17. The van der Waals surface area contributed by atoms with Gasteiger partial charge >= 0.3 is 4.96 Å². The molecule has 0 amide bonds. The molecular weight excluding hydrogens is 352 g/mol. The Morgan fingerprint density at radius 3 is 2.21 bits per heavy atom. The molecule has 0 unspecified atom stereocenters. The van der Waals surface area contributed by atoms with Crippen LogP contribution < -0.4 is 23.0 Å². The van der Waals surface area contributed by atoms with Gasteiger partial charge in [0.15, 0.2) is 11.4 Å². The van der Waals surface area contributed by atoms with Gasteiger partial charge in [0.2, 0.25) is 0 Å².